The van der Waals surface area contributed by atoms with Crippen LogP contribution in [0.1, 0.15) is 0 Å². The molecule has 1 N–H and O–H groups in total. The first-order valence-corrected chi connectivity index (χ1v) is 5.78. The molecule has 0 spiro atoms. The van der Waals surface area contributed by atoms with E-state index in [2.05, 4.69) is 20.4 Å². The van der Waals surface area contributed by atoms with Crippen LogP contribution < -0.4 is 4.90 Å². The average molecular weight is 233 g/mol. The van der Waals surface area contributed by atoms with Gasteiger partial charge in [0.05, 0.1) is 19.3 Å². The topological polar surface area (TPSA) is 50.0 Å². The van der Waals surface area contributed by atoms with E-state index in [1.807, 2.05) is 18.3 Å². The first-order chi connectivity index (χ1) is 8.38. The molecule has 0 saturated carbocycles. The van der Waals surface area contributed by atoms with E-state index in [-0.39, 0.29) is 12.7 Å². The highest BCUT2D eigenvalue weighted by Crippen LogP contribution is 2.19. The quantitative estimate of drug-likeness (QED) is 0.822. The Balaban J connectivity index is 1.94. The van der Waals surface area contributed by atoms with Crippen molar-refractivity contribution in [3.63, 3.8) is 0 Å². The lowest BCUT2D eigenvalue weighted by Crippen LogP contribution is -2.44. The monoisotopic (exact) mass is 233 g/mol. The van der Waals surface area contributed by atoms with Crippen LogP contribution >= 0.6 is 0 Å². The van der Waals surface area contributed by atoms with Crippen LogP contribution in [0.3, 0.4) is 0 Å². The molecule has 17 heavy (non-hydrogen) atoms. The van der Waals surface area contributed by atoms with Gasteiger partial charge in [0.25, 0.3) is 0 Å². The van der Waals surface area contributed by atoms with Crippen molar-refractivity contribution in [2.45, 2.75) is 6.10 Å². The molecule has 1 unspecified atom stereocenters. The van der Waals surface area contributed by atoms with Gasteiger partial charge in [0.1, 0.15) is 11.5 Å². The van der Waals surface area contributed by atoms with Crippen molar-refractivity contribution in [3.8, 4) is 0 Å². The third-order valence-electron chi connectivity index (χ3n) is 3.07. The largest absolute Gasteiger partial charge is 0.394 e. The van der Waals surface area contributed by atoms with Gasteiger partial charge in [-0.05, 0) is 12.1 Å². The molecule has 5 nitrogen and oxygen atoms in total. The molecule has 5 heteroatoms. The molecule has 0 amide bonds. The van der Waals surface area contributed by atoms with Crippen LogP contribution in [0.15, 0.2) is 30.6 Å². The van der Waals surface area contributed by atoms with Crippen molar-refractivity contribution in [1.29, 1.82) is 0 Å². The number of pyridine rings is 1. The van der Waals surface area contributed by atoms with E-state index >= 15 is 0 Å². The summed E-state index contributed by atoms with van der Waals surface area (Å²) >= 11 is 0. The van der Waals surface area contributed by atoms with Crippen molar-refractivity contribution >= 4 is 11.5 Å². The van der Waals surface area contributed by atoms with Crippen molar-refractivity contribution in [2.75, 3.05) is 31.2 Å². The Hall–Kier alpha value is -1.59. The van der Waals surface area contributed by atoms with E-state index in [1.54, 1.807) is 6.20 Å². The number of rotatable bonds is 2. The minimum atomic E-state index is -0.0949. The Kier molecular flexibility index (Phi) is 2.70. The first-order valence-electron chi connectivity index (χ1n) is 5.78. The van der Waals surface area contributed by atoms with E-state index in [0.29, 0.717) is 13.2 Å². The van der Waals surface area contributed by atoms with E-state index in [9.17, 15) is 0 Å². The van der Waals surface area contributed by atoms with E-state index < -0.39 is 0 Å². The molecule has 1 aliphatic rings. The van der Waals surface area contributed by atoms with Gasteiger partial charge in [-0.15, -0.1) is 0 Å². The number of imidazole rings is 1. The van der Waals surface area contributed by atoms with E-state index in [0.717, 1.165) is 18.0 Å². The van der Waals surface area contributed by atoms with Gasteiger partial charge in [-0.1, -0.05) is 6.07 Å². The molecule has 1 fully saturated rings. The summed E-state index contributed by atoms with van der Waals surface area (Å²) in [5.41, 5.74) is 0.939. The maximum Gasteiger partial charge on any atom is 0.138 e. The second-order valence-electron chi connectivity index (χ2n) is 4.16. The Bertz CT molecular complexity index is 511. The molecular weight excluding hydrogens is 218 g/mol. The predicted octanol–water partition coefficient (Wildman–Crippen LogP) is 0.532. The third-order valence-corrected chi connectivity index (χ3v) is 3.07. The Morgan fingerprint density at radius 2 is 2.41 bits per heavy atom. The smallest absolute Gasteiger partial charge is 0.138 e. The van der Waals surface area contributed by atoms with Crippen molar-refractivity contribution in [3.05, 3.63) is 30.6 Å². The molecule has 90 valence electrons. The van der Waals surface area contributed by atoms with Gasteiger partial charge in [0, 0.05) is 25.5 Å². The molecule has 1 aliphatic heterocycles. The summed E-state index contributed by atoms with van der Waals surface area (Å²) in [5.74, 6) is 1.10. The van der Waals surface area contributed by atoms with Gasteiger partial charge in [-0.25, -0.2) is 4.98 Å². The fraction of sp³-hybridized carbons (Fsp3) is 0.417. The molecule has 0 bridgehead atoms. The normalized spacial score (nSPS) is 21.0. The van der Waals surface area contributed by atoms with Crippen LogP contribution in [-0.2, 0) is 4.74 Å². The van der Waals surface area contributed by atoms with Crippen LogP contribution in [0.4, 0.5) is 5.82 Å². The lowest BCUT2D eigenvalue weighted by molar-refractivity contribution is 0.00331. The molecule has 0 aliphatic carbocycles. The molecule has 1 atom stereocenters. The van der Waals surface area contributed by atoms with E-state index in [1.165, 1.54) is 0 Å². The number of nitrogens with zero attached hydrogens (tertiary/aromatic N) is 3. The van der Waals surface area contributed by atoms with Crippen LogP contribution in [0.5, 0.6) is 0 Å². The lowest BCUT2D eigenvalue weighted by atomic mass is 10.2. The first kappa shape index (κ1) is 10.6. The Labute approximate surface area is 99.3 Å². The Morgan fingerprint density at radius 3 is 3.29 bits per heavy atom. The Morgan fingerprint density at radius 1 is 1.47 bits per heavy atom. The molecule has 3 heterocycles. The van der Waals surface area contributed by atoms with Gasteiger partial charge < -0.3 is 14.7 Å². The summed E-state index contributed by atoms with van der Waals surface area (Å²) in [6, 6.07) is 6.04. The summed E-state index contributed by atoms with van der Waals surface area (Å²) in [6.45, 7) is 2.27. The second-order valence-corrected chi connectivity index (χ2v) is 4.16. The fourth-order valence-corrected chi connectivity index (χ4v) is 2.23. The second kappa shape index (κ2) is 4.35. The molecular formula is C12H15N3O2. The summed E-state index contributed by atoms with van der Waals surface area (Å²) in [6.07, 6.45) is 3.65. The van der Waals surface area contributed by atoms with Crippen LogP contribution in [0.2, 0.25) is 0 Å². The highest BCUT2D eigenvalue weighted by Gasteiger charge is 2.21. The van der Waals surface area contributed by atoms with Gasteiger partial charge >= 0.3 is 0 Å². The SMILES string of the molecule is OCC1CN(c2cccc3nccn23)CCO1. The summed E-state index contributed by atoms with van der Waals surface area (Å²) in [5, 5.41) is 9.16. The van der Waals surface area contributed by atoms with Crippen molar-refractivity contribution in [1.82, 2.24) is 9.38 Å². The molecule has 2 aromatic heterocycles. The van der Waals surface area contributed by atoms with E-state index in [4.69, 9.17) is 9.84 Å². The number of morpholine rings is 1. The fourth-order valence-electron chi connectivity index (χ4n) is 2.23. The highest BCUT2D eigenvalue weighted by atomic mass is 16.5. The van der Waals surface area contributed by atoms with Gasteiger partial charge in [-0.2, -0.15) is 0 Å². The zero-order valence-corrected chi connectivity index (χ0v) is 9.49. The maximum atomic E-state index is 9.16. The number of aliphatic hydroxyl groups is 1. The molecule has 0 radical (unpaired) electrons. The summed E-state index contributed by atoms with van der Waals surface area (Å²) < 4.78 is 7.51. The number of fused-ring (bicyclic) bond motifs is 1. The highest BCUT2D eigenvalue weighted by molar-refractivity contribution is 5.51. The van der Waals surface area contributed by atoms with Gasteiger partial charge in [0.15, 0.2) is 0 Å². The number of hydrogen-bond acceptors (Lipinski definition) is 4. The minimum Gasteiger partial charge on any atom is -0.394 e. The standard InChI is InChI=1S/C12H15N3O2/c16-9-10-8-14(6-7-17-10)12-3-1-2-11-13-4-5-15(11)12/h1-5,10,16H,6-9H2. The van der Waals surface area contributed by atoms with Gasteiger partial charge in [0.2, 0.25) is 0 Å². The minimum absolute atomic E-state index is 0.0659. The zero-order valence-electron chi connectivity index (χ0n) is 9.49. The van der Waals surface area contributed by atoms with Crippen LogP contribution in [-0.4, -0.2) is 46.9 Å². The molecule has 2 aromatic rings. The number of anilines is 1. The molecule has 1 saturated heterocycles. The molecule has 0 aromatic carbocycles. The summed E-state index contributed by atoms with van der Waals surface area (Å²) in [4.78, 5) is 6.49. The molecule has 3 rings (SSSR count). The van der Waals surface area contributed by atoms with Crippen molar-refractivity contribution < 1.29 is 9.84 Å². The lowest BCUT2D eigenvalue weighted by Gasteiger charge is -2.33. The number of hydrogen-bond donors (Lipinski definition) is 1. The van der Waals surface area contributed by atoms with Crippen LogP contribution in [0.25, 0.3) is 5.65 Å². The zero-order chi connectivity index (χ0) is 11.7. The maximum absolute atomic E-state index is 9.16. The third kappa shape index (κ3) is 1.87. The van der Waals surface area contributed by atoms with Crippen molar-refractivity contribution in [2.24, 2.45) is 0 Å². The number of aliphatic hydroxyl groups excluding tert-OH is 1. The van der Waals surface area contributed by atoms with Crippen LogP contribution in [0, 0.1) is 0 Å². The van der Waals surface area contributed by atoms with Gasteiger partial charge in [-0.3, -0.25) is 4.40 Å². The summed E-state index contributed by atoms with van der Waals surface area (Å²) in [7, 11) is 0. The number of aromatic nitrogens is 2. The number of ether oxygens (including phenoxy) is 1. The predicted molar refractivity (Wildman–Crippen MR) is 64.2 cm³/mol. The average Bonchev–Trinajstić information content (AvgIpc) is 2.87.